The molecule has 3 rings (SSSR count). The molecule has 1 N–H and O–H groups in total. The van der Waals surface area contributed by atoms with Crippen molar-refractivity contribution in [3.8, 4) is 0 Å². The fourth-order valence-corrected chi connectivity index (χ4v) is 6.46. The molecule has 0 heterocycles. The smallest absolute Gasteiger partial charge is 0.331 e. The van der Waals surface area contributed by atoms with E-state index in [2.05, 4.69) is 27.7 Å². The van der Waals surface area contributed by atoms with Crippen molar-refractivity contribution in [3.05, 3.63) is 11.1 Å². The Morgan fingerprint density at radius 3 is 2.29 bits per heavy atom. The van der Waals surface area contributed by atoms with Gasteiger partial charge < -0.3 is 5.11 Å². The predicted molar refractivity (Wildman–Crippen MR) is 90.4 cm³/mol. The van der Waals surface area contributed by atoms with Crippen molar-refractivity contribution in [2.75, 3.05) is 0 Å². The molecule has 0 bridgehead atoms. The first-order valence-corrected chi connectivity index (χ1v) is 8.97. The van der Waals surface area contributed by atoms with Gasteiger partial charge in [-0.2, -0.15) is 0 Å². The first-order valence-electron chi connectivity index (χ1n) is 8.97. The monoisotopic (exact) mass is 332 g/mol. The van der Waals surface area contributed by atoms with Crippen molar-refractivity contribution in [3.63, 3.8) is 0 Å². The third-order valence-corrected chi connectivity index (χ3v) is 7.73. The quantitative estimate of drug-likeness (QED) is 0.742. The van der Waals surface area contributed by atoms with Crippen molar-refractivity contribution >= 4 is 17.5 Å². The highest BCUT2D eigenvalue weighted by atomic mass is 16.4. The maximum Gasteiger partial charge on any atom is 0.331 e. The molecular formula is C20H28O4. The lowest BCUT2D eigenvalue weighted by molar-refractivity contribution is -0.154. The summed E-state index contributed by atoms with van der Waals surface area (Å²) in [5.74, 6) is -0.268. The summed E-state index contributed by atoms with van der Waals surface area (Å²) in [6.45, 7) is 9.98. The minimum atomic E-state index is -0.994. The lowest BCUT2D eigenvalue weighted by Crippen LogP contribution is -2.56. The Bertz CT molecular complexity index is 671. The van der Waals surface area contributed by atoms with E-state index in [1.54, 1.807) is 6.92 Å². The van der Waals surface area contributed by atoms with Crippen molar-refractivity contribution in [2.45, 2.75) is 66.7 Å². The molecule has 0 aromatic heterocycles. The van der Waals surface area contributed by atoms with E-state index in [-0.39, 0.29) is 39.4 Å². The molecule has 3 aliphatic rings. The van der Waals surface area contributed by atoms with Gasteiger partial charge in [0.05, 0.1) is 0 Å². The maximum absolute atomic E-state index is 12.7. The van der Waals surface area contributed by atoms with Gasteiger partial charge in [-0.25, -0.2) is 4.79 Å². The second kappa shape index (κ2) is 5.03. The number of hydrogen-bond donors (Lipinski definition) is 1. The number of allylic oxidation sites excluding steroid dienone is 1. The number of carboxylic acid groups (broad SMARTS) is 1. The van der Waals surface area contributed by atoms with E-state index in [4.69, 9.17) is 0 Å². The van der Waals surface area contributed by atoms with Crippen LogP contribution in [-0.2, 0) is 14.4 Å². The lowest BCUT2D eigenvalue weighted by Gasteiger charge is -2.60. The van der Waals surface area contributed by atoms with Crippen molar-refractivity contribution < 1.29 is 19.5 Å². The SMILES string of the molecule is CC(C(=O)O)=C1C(=O)CC2C1(C)CCC1C(C)(C)C(=O)CCC12C. The van der Waals surface area contributed by atoms with Crippen LogP contribution in [-0.4, -0.2) is 22.6 Å². The molecule has 0 radical (unpaired) electrons. The summed E-state index contributed by atoms with van der Waals surface area (Å²) >= 11 is 0. The fourth-order valence-electron chi connectivity index (χ4n) is 6.46. The van der Waals surface area contributed by atoms with Crippen LogP contribution in [0.15, 0.2) is 11.1 Å². The summed E-state index contributed by atoms with van der Waals surface area (Å²) < 4.78 is 0. The van der Waals surface area contributed by atoms with Gasteiger partial charge in [-0.15, -0.1) is 0 Å². The molecule has 24 heavy (non-hydrogen) atoms. The van der Waals surface area contributed by atoms with Gasteiger partial charge >= 0.3 is 5.97 Å². The number of ketones is 2. The van der Waals surface area contributed by atoms with Crippen molar-refractivity contribution in [1.29, 1.82) is 0 Å². The van der Waals surface area contributed by atoms with Gasteiger partial charge in [-0.05, 0) is 43.4 Å². The van der Waals surface area contributed by atoms with Gasteiger partial charge in [-0.1, -0.05) is 27.7 Å². The zero-order valence-corrected chi connectivity index (χ0v) is 15.4. The third kappa shape index (κ3) is 2.01. The summed E-state index contributed by atoms with van der Waals surface area (Å²) in [6, 6.07) is 0. The highest BCUT2D eigenvalue weighted by Gasteiger charge is 2.64. The summed E-state index contributed by atoms with van der Waals surface area (Å²) in [7, 11) is 0. The van der Waals surface area contributed by atoms with Crippen LogP contribution in [0.25, 0.3) is 0 Å². The zero-order chi connectivity index (χ0) is 18.1. The average molecular weight is 332 g/mol. The summed E-state index contributed by atoms with van der Waals surface area (Å²) in [6.07, 6.45) is 3.48. The number of Topliss-reactive ketones (excluding diaryl/α,β-unsaturated/α-hetero) is 2. The van der Waals surface area contributed by atoms with Crippen LogP contribution in [0, 0.1) is 28.1 Å². The second-order valence-corrected chi connectivity index (χ2v) is 9.14. The maximum atomic E-state index is 12.7. The number of aliphatic carboxylic acids is 1. The molecule has 0 aromatic carbocycles. The Labute approximate surface area is 143 Å². The molecule has 0 aromatic rings. The molecule has 3 aliphatic carbocycles. The Kier molecular flexibility index (Phi) is 3.64. The number of hydrogen-bond acceptors (Lipinski definition) is 3. The Morgan fingerprint density at radius 2 is 1.71 bits per heavy atom. The van der Waals surface area contributed by atoms with E-state index in [0.29, 0.717) is 24.2 Å². The van der Waals surface area contributed by atoms with E-state index in [9.17, 15) is 19.5 Å². The Hall–Kier alpha value is -1.45. The number of carboxylic acids is 1. The van der Waals surface area contributed by atoms with E-state index in [0.717, 1.165) is 19.3 Å². The number of rotatable bonds is 1. The average Bonchev–Trinajstić information content (AvgIpc) is 2.75. The van der Waals surface area contributed by atoms with Crippen molar-refractivity contribution in [1.82, 2.24) is 0 Å². The van der Waals surface area contributed by atoms with Crippen LogP contribution in [0.5, 0.6) is 0 Å². The molecule has 0 spiro atoms. The summed E-state index contributed by atoms with van der Waals surface area (Å²) in [5.41, 5.74) is -0.0688. The van der Waals surface area contributed by atoms with E-state index < -0.39 is 5.97 Å². The Balaban J connectivity index is 2.12. The molecule has 0 aliphatic heterocycles. The highest BCUT2D eigenvalue weighted by molar-refractivity contribution is 6.06. The van der Waals surface area contributed by atoms with Gasteiger partial charge in [0.25, 0.3) is 0 Å². The molecule has 4 unspecified atom stereocenters. The molecule has 3 saturated carbocycles. The van der Waals surface area contributed by atoms with Crippen LogP contribution in [0.1, 0.15) is 66.7 Å². The zero-order valence-electron chi connectivity index (χ0n) is 15.4. The fraction of sp³-hybridized carbons (Fsp3) is 0.750. The molecule has 4 heteroatoms. The lowest BCUT2D eigenvalue weighted by atomic mass is 9.43. The molecule has 132 valence electrons. The van der Waals surface area contributed by atoms with Crippen molar-refractivity contribution in [2.24, 2.45) is 28.1 Å². The summed E-state index contributed by atoms with van der Waals surface area (Å²) in [5, 5.41) is 9.42. The summed E-state index contributed by atoms with van der Waals surface area (Å²) in [4.78, 5) is 36.7. The minimum absolute atomic E-state index is 0.000943. The molecule has 4 nitrogen and oxygen atoms in total. The van der Waals surface area contributed by atoms with E-state index >= 15 is 0 Å². The first kappa shape index (κ1) is 17.4. The topological polar surface area (TPSA) is 71.4 Å². The minimum Gasteiger partial charge on any atom is -0.478 e. The van der Waals surface area contributed by atoms with E-state index in [1.807, 2.05) is 0 Å². The highest BCUT2D eigenvalue weighted by Crippen LogP contribution is 2.68. The number of carbonyl (C=O) groups excluding carboxylic acids is 2. The van der Waals surface area contributed by atoms with Crippen LogP contribution in [0.3, 0.4) is 0 Å². The van der Waals surface area contributed by atoms with Gasteiger partial charge in [0.2, 0.25) is 0 Å². The molecule has 0 saturated heterocycles. The van der Waals surface area contributed by atoms with Gasteiger partial charge in [-0.3, -0.25) is 9.59 Å². The standard InChI is InChI=1S/C20H28O4/c1-11(17(23)24)16-12(21)10-14-19(4)9-7-15(22)18(2,3)13(19)6-8-20(14,16)5/h13-14H,6-10H2,1-5H3,(H,23,24). The van der Waals surface area contributed by atoms with Gasteiger partial charge in [0, 0.05) is 34.8 Å². The second-order valence-electron chi connectivity index (χ2n) is 9.14. The molecule has 4 atom stereocenters. The predicted octanol–water partition coefficient (Wildman–Crippen LogP) is 3.79. The van der Waals surface area contributed by atoms with Crippen LogP contribution in [0.2, 0.25) is 0 Å². The normalized spacial score (nSPS) is 43.2. The Morgan fingerprint density at radius 1 is 1.08 bits per heavy atom. The third-order valence-electron chi connectivity index (χ3n) is 7.73. The van der Waals surface area contributed by atoms with Crippen LogP contribution < -0.4 is 0 Å². The molecule has 0 amide bonds. The van der Waals surface area contributed by atoms with Crippen LogP contribution in [0.4, 0.5) is 0 Å². The van der Waals surface area contributed by atoms with E-state index in [1.165, 1.54) is 0 Å². The molecular weight excluding hydrogens is 304 g/mol. The molecule has 3 fully saturated rings. The van der Waals surface area contributed by atoms with Crippen LogP contribution >= 0.6 is 0 Å². The number of fused-ring (bicyclic) bond motifs is 3. The number of carbonyl (C=O) groups is 3. The van der Waals surface area contributed by atoms with Gasteiger partial charge in [0.1, 0.15) is 5.78 Å². The first-order chi connectivity index (χ1) is 11.0. The van der Waals surface area contributed by atoms with Gasteiger partial charge in [0.15, 0.2) is 5.78 Å². The largest absolute Gasteiger partial charge is 0.478 e.